The van der Waals surface area contributed by atoms with Crippen LogP contribution in [0.25, 0.3) is 12.2 Å². The van der Waals surface area contributed by atoms with Crippen molar-refractivity contribution in [3.63, 3.8) is 0 Å². The number of rotatable bonds is 12. The molecule has 0 saturated heterocycles. The number of phenols is 4. The standard InChI is InChI=1S/C36H39NO13/c1-3-20-5-4-6-23(15-20)16-24-32(49-30(43)13-9-21-7-11-25(38)27(40)17-21)36(33(45)37-2,29(42)19-35(24,48)34(46)47)50-31(44)14-10-22-8-12-26(39)28(41)18-22/h4-15,17-18,24,29,32-33,37-42,45,48H,3,16,19H2,1-2H3,(H,46,47). The molecule has 6 unspecified atom stereocenters. The summed E-state index contributed by atoms with van der Waals surface area (Å²) in [5, 5.41) is 86.4. The summed E-state index contributed by atoms with van der Waals surface area (Å²) < 4.78 is 11.5. The molecule has 1 aliphatic rings. The highest BCUT2D eigenvalue weighted by atomic mass is 16.6. The summed E-state index contributed by atoms with van der Waals surface area (Å²) in [4.78, 5) is 39.6. The molecule has 1 saturated carbocycles. The van der Waals surface area contributed by atoms with Gasteiger partial charge in [0, 0.05) is 24.5 Å². The molecule has 1 aliphatic carbocycles. The number of phenolic OH excluding ortho intramolecular Hbond substituents is 4. The smallest absolute Gasteiger partial charge is 0.336 e. The first-order chi connectivity index (χ1) is 23.6. The number of aliphatic hydroxyl groups is 3. The Hall–Kier alpha value is -5.41. The Morgan fingerprint density at radius 3 is 1.96 bits per heavy atom. The minimum atomic E-state index is -2.78. The van der Waals surface area contributed by atoms with Crippen LogP contribution in [-0.2, 0) is 36.7 Å². The van der Waals surface area contributed by atoms with Crippen LogP contribution < -0.4 is 5.32 Å². The maximum Gasteiger partial charge on any atom is 0.336 e. The summed E-state index contributed by atoms with van der Waals surface area (Å²) >= 11 is 0. The van der Waals surface area contributed by atoms with Crippen molar-refractivity contribution in [1.29, 1.82) is 0 Å². The lowest BCUT2D eigenvalue weighted by Crippen LogP contribution is -2.76. The average Bonchev–Trinajstić information content (AvgIpc) is 3.08. The van der Waals surface area contributed by atoms with Crippen molar-refractivity contribution in [3.8, 4) is 23.0 Å². The van der Waals surface area contributed by atoms with Crippen LogP contribution in [0.5, 0.6) is 23.0 Å². The van der Waals surface area contributed by atoms with Gasteiger partial charge >= 0.3 is 17.9 Å². The van der Waals surface area contributed by atoms with E-state index in [2.05, 4.69) is 5.32 Å². The van der Waals surface area contributed by atoms with Crippen molar-refractivity contribution < 1.29 is 64.7 Å². The highest BCUT2D eigenvalue weighted by molar-refractivity contribution is 5.89. The van der Waals surface area contributed by atoms with Crippen LogP contribution in [0, 0.1) is 5.92 Å². The number of aromatic hydroxyl groups is 4. The highest BCUT2D eigenvalue weighted by Crippen LogP contribution is 2.47. The number of benzene rings is 3. The second-order valence-corrected chi connectivity index (χ2v) is 11.9. The van der Waals surface area contributed by atoms with Gasteiger partial charge < -0.3 is 50.3 Å². The maximum absolute atomic E-state index is 13.4. The van der Waals surface area contributed by atoms with Gasteiger partial charge in [-0.25, -0.2) is 14.4 Å². The van der Waals surface area contributed by atoms with Gasteiger partial charge in [-0.05, 0) is 78.6 Å². The van der Waals surface area contributed by atoms with Gasteiger partial charge in [0.25, 0.3) is 0 Å². The van der Waals surface area contributed by atoms with Crippen molar-refractivity contribution in [2.75, 3.05) is 7.05 Å². The Kier molecular flexibility index (Phi) is 11.5. The second-order valence-electron chi connectivity index (χ2n) is 11.9. The lowest BCUT2D eigenvalue weighted by Gasteiger charge is -2.54. The van der Waals surface area contributed by atoms with Crippen molar-refractivity contribution >= 4 is 30.1 Å². The van der Waals surface area contributed by atoms with Gasteiger partial charge in [-0.15, -0.1) is 0 Å². The van der Waals surface area contributed by atoms with Crippen LogP contribution in [-0.4, -0.2) is 95.4 Å². The molecule has 266 valence electrons. The Labute approximate surface area is 286 Å². The molecule has 0 radical (unpaired) electrons. The third kappa shape index (κ3) is 7.90. The summed E-state index contributed by atoms with van der Waals surface area (Å²) in [5.74, 6) is -7.55. The number of nitrogens with one attached hydrogen (secondary N) is 1. The van der Waals surface area contributed by atoms with Gasteiger partial charge in [-0.3, -0.25) is 5.32 Å². The molecule has 50 heavy (non-hydrogen) atoms. The van der Waals surface area contributed by atoms with E-state index in [4.69, 9.17) is 9.47 Å². The van der Waals surface area contributed by atoms with Gasteiger partial charge in [0.2, 0.25) is 5.60 Å². The van der Waals surface area contributed by atoms with Gasteiger partial charge in [-0.2, -0.15) is 0 Å². The van der Waals surface area contributed by atoms with Gasteiger partial charge in [0.05, 0.1) is 0 Å². The van der Waals surface area contributed by atoms with Crippen LogP contribution in [0.15, 0.2) is 72.8 Å². The van der Waals surface area contributed by atoms with E-state index < -0.39 is 82.9 Å². The SMILES string of the molecule is CCc1cccc(CC2C(OC(=O)C=Cc3ccc(O)c(O)c3)C(OC(=O)C=Cc3ccc(O)c(O)c3)(C(O)NC)C(O)CC2(O)C(=O)O)c1. The van der Waals surface area contributed by atoms with Gasteiger partial charge in [0.1, 0.15) is 6.10 Å². The molecule has 0 amide bonds. The number of aryl methyl sites for hydroxylation is 1. The first-order valence-corrected chi connectivity index (χ1v) is 15.5. The van der Waals surface area contributed by atoms with Crippen LogP contribution >= 0.6 is 0 Å². The zero-order chi connectivity index (χ0) is 36.8. The molecule has 0 aromatic heterocycles. The Bertz CT molecular complexity index is 1790. The number of carboxylic acid groups (broad SMARTS) is 1. The predicted octanol–water partition coefficient (Wildman–Crippen LogP) is 1.97. The number of ether oxygens (including phenoxy) is 2. The predicted molar refractivity (Wildman–Crippen MR) is 178 cm³/mol. The monoisotopic (exact) mass is 693 g/mol. The quantitative estimate of drug-likeness (QED) is 0.0570. The molecule has 3 aromatic carbocycles. The van der Waals surface area contributed by atoms with E-state index in [9.17, 15) is 55.2 Å². The summed E-state index contributed by atoms with van der Waals surface area (Å²) in [6.45, 7) is 1.90. The molecule has 1 fully saturated rings. The van der Waals surface area contributed by atoms with E-state index in [0.717, 1.165) is 29.8 Å². The van der Waals surface area contributed by atoms with Crippen molar-refractivity contribution in [1.82, 2.24) is 5.32 Å². The molecule has 0 heterocycles. The number of carbonyl (C=O) groups excluding carboxylic acids is 2. The normalized spacial score (nSPS) is 24.2. The number of likely N-dealkylation sites (N-methyl/N-ethyl adjacent to an activating group) is 1. The largest absolute Gasteiger partial charge is 0.504 e. The number of aliphatic carboxylic acids is 1. The summed E-state index contributed by atoms with van der Waals surface area (Å²) in [6, 6.07) is 14.3. The number of carboxylic acids is 1. The lowest BCUT2D eigenvalue weighted by atomic mass is 9.62. The Balaban J connectivity index is 1.84. The van der Waals surface area contributed by atoms with E-state index in [-0.39, 0.29) is 17.5 Å². The Morgan fingerprint density at radius 2 is 1.44 bits per heavy atom. The molecule has 0 aliphatic heterocycles. The number of aliphatic hydroxyl groups excluding tert-OH is 2. The number of carbonyl (C=O) groups is 3. The van der Waals surface area contributed by atoms with Crippen LogP contribution in [0.4, 0.5) is 0 Å². The molecule has 0 bridgehead atoms. The van der Waals surface area contributed by atoms with E-state index in [1.165, 1.54) is 43.5 Å². The van der Waals surface area contributed by atoms with E-state index in [1.807, 2.05) is 13.0 Å². The molecule has 0 spiro atoms. The third-order valence-electron chi connectivity index (χ3n) is 8.72. The molecule has 14 nitrogen and oxygen atoms in total. The van der Waals surface area contributed by atoms with Crippen molar-refractivity contribution in [2.24, 2.45) is 5.92 Å². The third-order valence-corrected chi connectivity index (χ3v) is 8.72. The van der Waals surface area contributed by atoms with Crippen molar-refractivity contribution in [2.45, 2.75) is 55.8 Å². The van der Waals surface area contributed by atoms with Gasteiger partial charge in [-0.1, -0.05) is 43.3 Å². The van der Waals surface area contributed by atoms with E-state index in [0.29, 0.717) is 12.0 Å². The van der Waals surface area contributed by atoms with E-state index in [1.54, 1.807) is 18.2 Å². The fraction of sp³-hybridized carbons (Fsp3) is 0.306. The Morgan fingerprint density at radius 1 is 0.880 bits per heavy atom. The maximum atomic E-state index is 13.4. The molecule has 4 rings (SSSR count). The highest BCUT2D eigenvalue weighted by Gasteiger charge is 2.69. The molecule has 6 atom stereocenters. The summed E-state index contributed by atoms with van der Waals surface area (Å²) in [7, 11) is 1.25. The zero-order valence-corrected chi connectivity index (χ0v) is 27.1. The molecular formula is C36H39NO13. The minimum absolute atomic E-state index is 0.243. The van der Waals surface area contributed by atoms with Crippen LogP contribution in [0.3, 0.4) is 0 Å². The minimum Gasteiger partial charge on any atom is -0.504 e. The number of hydrogen-bond donors (Lipinski definition) is 9. The van der Waals surface area contributed by atoms with Gasteiger partial charge in [0.15, 0.2) is 40.9 Å². The average molecular weight is 694 g/mol. The number of esters is 2. The summed E-state index contributed by atoms with van der Waals surface area (Å²) in [5.41, 5.74) is -3.54. The molecule has 3 aromatic rings. The first-order valence-electron chi connectivity index (χ1n) is 15.5. The molecule has 9 N–H and O–H groups in total. The second kappa shape index (κ2) is 15.4. The van der Waals surface area contributed by atoms with E-state index >= 15 is 0 Å². The first kappa shape index (κ1) is 37.4. The lowest BCUT2D eigenvalue weighted by molar-refractivity contribution is -0.284. The number of hydrogen-bond acceptors (Lipinski definition) is 13. The fourth-order valence-corrected chi connectivity index (χ4v) is 6.02. The fourth-order valence-electron chi connectivity index (χ4n) is 6.02. The molecular weight excluding hydrogens is 654 g/mol. The van der Waals surface area contributed by atoms with Crippen LogP contribution in [0.2, 0.25) is 0 Å². The van der Waals surface area contributed by atoms with Crippen LogP contribution in [0.1, 0.15) is 35.6 Å². The summed E-state index contributed by atoms with van der Waals surface area (Å²) in [6.07, 6.45) is -2.67. The van der Waals surface area contributed by atoms with Crippen molar-refractivity contribution in [3.05, 3.63) is 95.1 Å². The molecule has 14 heteroatoms. The topological polar surface area (TPSA) is 244 Å². The zero-order valence-electron chi connectivity index (χ0n) is 27.1.